The third-order valence-electron chi connectivity index (χ3n) is 7.73. The van der Waals surface area contributed by atoms with Crippen LogP contribution >= 0.6 is 0 Å². The first kappa shape index (κ1) is 23.0. The number of alkyl halides is 3. The molecule has 1 aromatic rings. The number of pyridine rings is 1. The Morgan fingerprint density at radius 3 is 3.00 bits per heavy atom. The molecule has 1 amide bonds. The lowest BCUT2D eigenvalue weighted by molar-refractivity contribution is -0.145. The van der Waals surface area contributed by atoms with Crippen LogP contribution in [0.5, 0.6) is 0 Å². The van der Waals surface area contributed by atoms with E-state index in [1.54, 1.807) is 12.0 Å². The zero-order valence-electron chi connectivity index (χ0n) is 18.7. The Morgan fingerprint density at radius 2 is 2.21 bits per heavy atom. The molecule has 1 saturated carbocycles. The summed E-state index contributed by atoms with van der Waals surface area (Å²) in [5.41, 5.74) is -0.281. The molecule has 10 heteroatoms. The summed E-state index contributed by atoms with van der Waals surface area (Å²) in [7, 11) is 1.68. The monoisotopic (exact) mass is 469 g/mol. The lowest BCUT2D eigenvalue weighted by atomic mass is 9.80. The number of ether oxygens (including phenoxy) is 3. The van der Waals surface area contributed by atoms with Gasteiger partial charge in [-0.25, -0.2) is 0 Å². The van der Waals surface area contributed by atoms with Gasteiger partial charge in [0.2, 0.25) is 5.91 Å². The summed E-state index contributed by atoms with van der Waals surface area (Å²) in [5, 5.41) is 3.68. The van der Waals surface area contributed by atoms with Crippen LogP contribution < -0.4 is 5.32 Å². The van der Waals surface area contributed by atoms with Crippen LogP contribution in [0.4, 0.5) is 13.2 Å². The van der Waals surface area contributed by atoms with Crippen LogP contribution in [0.2, 0.25) is 0 Å². The van der Waals surface area contributed by atoms with Crippen molar-refractivity contribution < 1.29 is 32.2 Å². The highest BCUT2D eigenvalue weighted by atomic mass is 19.4. The number of nitrogens with zero attached hydrogens (tertiary/aromatic N) is 2. The van der Waals surface area contributed by atoms with E-state index in [9.17, 15) is 18.0 Å². The van der Waals surface area contributed by atoms with Crippen LogP contribution in [0.15, 0.2) is 12.3 Å². The third-order valence-corrected chi connectivity index (χ3v) is 7.73. The quantitative estimate of drug-likeness (QED) is 0.730. The SMILES string of the molecule is COC1COCCC1N[C@@H]1C[C@H]2OCC[C@@]2(C(=O)N2CCc3ncc(C(F)(F)F)cc3C2)C1. The highest BCUT2D eigenvalue weighted by Gasteiger charge is 2.58. The smallest absolute Gasteiger partial charge is 0.379 e. The highest BCUT2D eigenvalue weighted by Crippen LogP contribution is 2.49. The second-order valence-corrected chi connectivity index (χ2v) is 9.62. The summed E-state index contributed by atoms with van der Waals surface area (Å²) in [6.45, 7) is 2.37. The number of hydrogen-bond acceptors (Lipinski definition) is 6. The molecule has 2 unspecified atom stereocenters. The van der Waals surface area contributed by atoms with Gasteiger partial charge in [-0.1, -0.05) is 0 Å². The molecular formula is C23H30F3N3O4. The van der Waals surface area contributed by atoms with Gasteiger partial charge in [0, 0.05) is 63.8 Å². The van der Waals surface area contributed by atoms with Gasteiger partial charge in [0.15, 0.2) is 0 Å². The van der Waals surface area contributed by atoms with Gasteiger partial charge in [-0.05, 0) is 37.3 Å². The Kier molecular flexibility index (Phi) is 6.13. The molecular weight excluding hydrogens is 439 g/mol. The molecule has 33 heavy (non-hydrogen) atoms. The van der Waals surface area contributed by atoms with E-state index in [4.69, 9.17) is 14.2 Å². The van der Waals surface area contributed by atoms with E-state index in [1.165, 1.54) is 0 Å². The number of aromatic nitrogens is 1. The van der Waals surface area contributed by atoms with E-state index in [0.717, 1.165) is 25.1 Å². The summed E-state index contributed by atoms with van der Waals surface area (Å²) < 4.78 is 56.6. The predicted molar refractivity (Wildman–Crippen MR) is 111 cm³/mol. The molecule has 4 heterocycles. The average molecular weight is 470 g/mol. The summed E-state index contributed by atoms with van der Waals surface area (Å²) in [5.74, 6) is -0.00682. The van der Waals surface area contributed by atoms with Gasteiger partial charge in [0.1, 0.15) is 0 Å². The molecule has 0 bridgehead atoms. The van der Waals surface area contributed by atoms with Gasteiger partial charge < -0.3 is 24.4 Å². The Labute approximate surface area is 191 Å². The first-order valence-electron chi connectivity index (χ1n) is 11.6. The third kappa shape index (κ3) is 4.26. The average Bonchev–Trinajstić information content (AvgIpc) is 3.35. The topological polar surface area (TPSA) is 72.9 Å². The van der Waals surface area contributed by atoms with Crippen molar-refractivity contribution in [1.82, 2.24) is 15.2 Å². The van der Waals surface area contributed by atoms with E-state index in [0.29, 0.717) is 56.9 Å². The fraction of sp³-hybridized carbons (Fsp3) is 0.739. The number of hydrogen-bond donors (Lipinski definition) is 1. The largest absolute Gasteiger partial charge is 0.417 e. The first-order valence-corrected chi connectivity index (χ1v) is 11.6. The zero-order valence-corrected chi connectivity index (χ0v) is 18.7. The van der Waals surface area contributed by atoms with Crippen molar-refractivity contribution in [3.63, 3.8) is 0 Å². The molecule has 2 saturated heterocycles. The van der Waals surface area contributed by atoms with E-state index < -0.39 is 17.2 Å². The Bertz CT molecular complexity index is 898. The van der Waals surface area contributed by atoms with Crippen molar-refractivity contribution in [1.29, 1.82) is 0 Å². The first-order chi connectivity index (χ1) is 15.8. The molecule has 4 aliphatic rings. The van der Waals surface area contributed by atoms with E-state index in [1.807, 2.05) is 0 Å². The summed E-state index contributed by atoms with van der Waals surface area (Å²) in [4.78, 5) is 19.5. The van der Waals surface area contributed by atoms with Gasteiger partial charge in [-0.15, -0.1) is 0 Å². The number of carbonyl (C=O) groups excluding carboxylic acids is 1. The standard InChI is InChI=1S/C23H30F3N3O4/c1-31-19-13-32-6-3-18(19)28-16-9-20-22(10-16,4-7-33-20)21(30)29-5-2-17-14(12-29)8-15(11-27-17)23(24,25)26/h8,11,16,18-20,28H,2-7,9-10,12-13H2,1H3/t16-,18?,19?,20-,22-/m1/s1. The Hall–Kier alpha value is -1.75. The fourth-order valence-corrected chi connectivity index (χ4v) is 5.98. The second-order valence-electron chi connectivity index (χ2n) is 9.62. The summed E-state index contributed by atoms with van der Waals surface area (Å²) in [6.07, 6.45) is -0.430. The van der Waals surface area contributed by atoms with E-state index >= 15 is 0 Å². The van der Waals surface area contributed by atoms with Gasteiger partial charge in [-0.2, -0.15) is 13.2 Å². The summed E-state index contributed by atoms with van der Waals surface area (Å²) in [6, 6.07) is 1.42. The van der Waals surface area contributed by atoms with Crippen LogP contribution in [0.3, 0.4) is 0 Å². The van der Waals surface area contributed by atoms with Crippen molar-refractivity contribution >= 4 is 5.91 Å². The van der Waals surface area contributed by atoms with Gasteiger partial charge >= 0.3 is 6.18 Å². The Balaban J connectivity index is 1.31. The maximum absolute atomic E-state index is 13.8. The molecule has 1 aliphatic carbocycles. The van der Waals surface area contributed by atoms with Crippen molar-refractivity contribution in [2.45, 2.75) is 69.1 Å². The molecule has 5 rings (SSSR count). The molecule has 3 fully saturated rings. The summed E-state index contributed by atoms with van der Waals surface area (Å²) >= 11 is 0. The lowest BCUT2D eigenvalue weighted by Gasteiger charge is -2.37. The minimum absolute atomic E-state index is 0.00682. The van der Waals surface area contributed by atoms with Crippen LogP contribution in [0.1, 0.15) is 42.5 Å². The molecule has 5 atom stereocenters. The van der Waals surface area contributed by atoms with E-state index in [2.05, 4.69) is 10.3 Å². The number of methoxy groups -OCH3 is 1. The highest BCUT2D eigenvalue weighted by molar-refractivity contribution is 5.84. The minimum Gasteiger partial charge on any atom is -0.379 e. The van der Waals surface area contributed by atoms with Crippen LogP contribution in [-0.2, 0) is 38.1 Å². The van der Waals surface area contributed by atoms with Crippen LogP contribution in [0, 0.1) is 5.41 Å². The van der Waals surface area contributed by atoms with Gasteiger partial charge in [0.05, 0.1) is 29.8 Å². The molecule has 182 valence electrons. The predicted octanol–water partition coefficient (Wildman–Crippen LogP) is 2.32. The van der Waals surface area contributed by atoms with Crippen LogP contribution in [0.25, 0.3) is 0 Å². The number of halogens is 3. The van der Waals surface area contributed by atoms with Crippen molar-refractivity contribution in [2.75, 3.05) is 33.5 Å². The van der Waals surface area contributed by atoms with Crippen LogP contribution in [-0.4, -0.2) is 73.6 Å². The second kappa shape index (κ2) is 8.79. The molecule has 7 nitrogen and oxygen atoms in total. The van der Waals surface area contributed by atoms with Crippen molar-refractivity contribution in [3.05, 3.63) is 29.1 Å². The Morgan fingerprint density at radius 1 is 1.36 bits per heavy atom. The minimum atomic E-state index is -4.45. The molecule has 0 spiro atoms. The molecule has 3 aliphatic heterocycles. The van der Waals surface area contributed by atoms with Gasteiger partial charge in [0.25, 0.3) is 0 Å². The molecule has 0 radical (unpaired) electrons. The number of amides is 1. The molecule has 0 aromatic carbocycles. The number of rotatable bonds is 4. The molecule has 1 aromatic heterocycles. The van der Waals surface area contributed by atoms with Crippen molar-refractivity contribution in [2.24, 2.45) is 5.41 Å². The number of fused-ring (bicyclic) bond motifs is 2. The lowest BCUT2D eigenvalue weighted by Crippen LogP contribution is -2.51. The van der Waals surface area contributed by atoms with Gasteiger partial charge in [-0.3, -0.25) is 9.78 Å². The number of nitrogens with one attached hydrogen (secondary N) is 1. The fourth-order valence-electron chi connectivity index (χ4n) is 5.98. The maximum atomic E-state index is 13.8. The van der Waals surface area contributed by atoms with Crippen molar-refractivity contribution in [3.8, 4) is 0 Å². The van der Waals surface area contributed by atoms with E-state index in [-0.39, 0.29) is 36.7 Å². The zero-order chi connectivity index (χ0) is 23.2. The normalized spacial score (nSPS) is 34.2. The molecule has 1 N–H and O–H groups in total. The number of carbonyl (C=O) groups is 1. The maximum Gasteiger partial charge on any atom is 0.417 e.